The third-order valence-electron chi connectivity index (χ3n) is 2.47. The number of hydrogen-bond acceptors (Lipinski definition) is 4. The van der Waals surface area contributed by atoms with Gasteiger partial charge in [0.15, 0.2) is 5.16 Å². The summed E-state index contributed by atoms with van der Waals surface area (Å²) in [6.45, 7) is 2.88. The Morgan fingerprint density at radius 1 is 1.57 bits per heavy atom. The van der Waals surface area contributed by atoms with Crippen LogP contribution in [-0.4, -0.2) is 33.2 Å². The van der Waals surface area contributed by atoms with Crippen molar-refractivity contribution in [1.29, 1.82) is 0 Å². The van der Waals surface area contributed by atoms with E-state index < -0.39 is 0 Å². The first kappa shape index (κ1) is 9.98. The van der Waals surface area contributed by atoms with Gasteiger partial charge in [0.1, 0.15) is 5.82 Å². The number of hydrogen-bond donors (Lipinski definition) is 0. The molecule has 0 amide bonds. The van der Waals surface area contributed by atoms with Gasteiger partial charge in [-0.25, -0.2) is 0 Å². The van der Waals surface area contributed by atoms with Gasteiger partial charge in [-0.1, -0.05) is 11.8 Å². The van der Waals surface area contributed by atoms with E-state index in [1.165, 1.54) is 12.8 Å². The highest BCUT2D eigenvalue weighted by molar-refractivity contribution is 7.99. The fourth-order valence-corrected chi connectivity index (χ4v) is 2.48. The van der Waals surface area contributed by atoms with Gasteiger partial charge in [0.2, 0.25) is 0 Å². The molecule has 0 aliphatic carbocycles. The number of aromatic nitrogens is 3. The van der Waals surface area contributed by atoms with Gasteiger partial charge in [0, 0.05) is 19.4 Å². The average molecular weight is 213 g/mol. The molecule has 2 heterocycles. The van der Waals surface area contributed by atoms with Crippen LogP contribution in [0.3, 0.4) is 0 Å². The van der Waals surface area contributed by atoms with Gasteiger partial charge in [-0.15, -0.1) is 10.2 Å². The SMILES string of the molecule is Cc1nnc(SCC2CCCO2)n1C. The van der Waals surface area contributed by atoms with Gasteiger partial charge in [0.25, 0.3) is 0 Å². The first-order valence-electron chi connectivity index (χ1n) is 4.88. The molecule has 0 aromatic carbocycles. The van der Waals surface area contributed by atoms with E-state index in [9.17, 15) is 0 Å². The zero-order chi connectivity index (χ0) is 9.97. The Labute approximate surface area is 88.0 Å². The van der Waals surface area contributed by atoms with E-state index >= 15 is 0 Å². The lowest BCUT2D eigenvalue weighted by Crippen LogP contribution is -2.08. The summed E-state index contributed by atoms with van der Waals surface area (Å²) in [6, 6.07) is 0. The van der Waals surface area contributed by atoms with Crippen LogP contribution >= 0.6 is 11.8 Å². The third-order valence-corrected chi connectivity index (χ3v) is 3.63. The van der Waals surface area contributed by atoms with Crippen molar-refractivity contribution in [3.05, 3.63) is 5.82 Å². The quantitative estimate of drug-likeness (QED) is 0.711. The van der Waals surface area contributed by atoms with Crippen LogP contribution in [0.2, 0.25) is 0 Å². The van der Waals surface area contributed by atoms with E-state index in [1.807, 2.05) is 18.5 Å². The lowest BCUT2D eigenvalue weighted by molar-refractivity contribution is 0.129. The molecule has 78 valence electrons. The van der Waals surface area contributed by atoms with Crippen LogP contribution in [0.25, 0.3) is 0 Å². The number of rotatable bonds is 3. The first-order chi connectivity index (χ1) is 6.77. The Hall–Kier alpha value is -0.550. The number of ether oxygens (including phenoxy) is 1. The summed E-state index contributed by atoms with van der Waals surface area (Å²) in [5.41, 5.74) is 0. The number of aryl methyl sites for hydroxylation is 1. The van der Waals surface area contributed by atoms with Gasteiger partial charge >= 0.3 is 0 Å². The summed E-state index contributed by atoms with van der Waals surface area (Å²) in [7, 11) is 1.99. The predicted molar refractivity (Wildman–Crippen MR) is 55.4 cm³/mol. The molecule has 0 N–H and O–H groups in total. The molecule has 0 radical (unpaired) electrons. The maximum atomic E-state index is 5.54. The Morgan fingerprint density at radius 3 is 3.00 bits per heavy atom. The molecular formula is C9H15N3OS. The lowest BCUT2D eigenvalue weighted by Gasteiger charge is -2.07. The zero-order valence-corrected chi connectivity index (χ0v) is 9.38. The van der Waals surface area contributed by atoms with E-state index in [-0.39, 0.29) is 0 Å². The van der Waals surface area contributed by atoms with Crippen molar-refractivity contribution in [2.24, 2.45) is 7.05 Å². The molecule has 4 nitrogen and oxygen atoms in total. The Morgan fingerprint density at radius 2 is 2.43 bits per heavy atom. The van der Waals surface area contributed by atoms with Gasteiger partial charge < -0.3 is 9.30 Å². The molecule has 1 saturated heterocycles. The summed E-state index contributed by atoms with van der Waals surface area (Å²) in [6.07, 6.45) is 2.80. The molecule has 1 fully saturated rings. The molecule has 1 aromatic rings. The number of thioether (sulfide) groups is 1. The second-order valence-corrected chi connectivity index (χ2v) is 4.52. The van der Waals surface area contributed by atoms with Crippen LogP contribution < -0.4 is 0 Å². The topological polar surface area (TPSA) is 39.9 Å². The standard InChI is InChI=1S/C9H15N3OS/c1-7-10-11-9(12(7)2)14-6-8-4-3-5-13-8/h8H,3-6H2,1-2H3. The van der Waals surface area contributed by atoms with E-state index in [4.69, 9.17) is 4.74 Å². The molecule has 14 heavy (non-hydrogen) atoms. The van der Waals surface area contributed by atoms with Crippen molar-refractivity contribution >= 4 is 11.8 Å². The van der Waals surface area contributed by atoms with Crippen LogP contribution in [0.4, 0.5) is 0 Å². The molecule has 0 spiro atoms. The molecule has 1 atom stereocenters. The lowest BCUT2D eigenvalue weighted by atomic mass is 10.3. The van der Waals surface area contributed by atoms with E-state index in [1.54, 1.807) is 11.8 Å². The van der Waals surface area contributed by atoms with Crippen molar-refractivity contribution in [1.82, 2.24) is 14.8 Å². The molecule has 0 bridgehead atoms. The van der Waals surface area contributed by atoms with E-state index in [0.717, 1.165) is 23.3 Å². The van der Waals surface area contributed by atoms with Crippen molar-refractivity contribution in [3.8, 4) is 0 Å². The number of nitrogens with zero attached hydrogens (tertiary/aromatic N) is 3. The Balaban J connectivity index is 1.88. The van der Waals surface area contributed by atoms with E-state index in [2.05, 4.69) is 10.2 Å². The monoisotopic (exact) mass is 213 g/mol. The molecule has 1 aliphatic rings. The van der Waals surface area contributed by atoms with Gasteiger partial charge in [-0.3, -0.25) is 0 Å². The third kappa shape index (κ3) is 2.09. The van der Waals surface area contributed by atoms with Gasteiger partial charge in [0.05, 0.1) is 6.10 Å². The van der Waals surface area contributed by atoms with Crippen LogP contribution in [-0.2, 0) is 11.8 Å². The zero-order valence-electron chi connectivity index (χ0n) is 8.56. The Kier molecular flexibility index (Phi) is 3.08. The Bertz CT molecular complexity index is 307. The first-order valence-corrected chi connectivity index (χ1v) is 5.86. The maximum absolute atomic E-state index is 5.54. The van der Waals surface area contributed by atoms with Crippen molar-refractivity contribution in [3.63, 3.8) is 0 Å². The molecular weight excluding hydrogens is 198 g/mol. The molecule has 0 saturated carbocycles. The molecule has 1 aromatic heterocycles. The second-order valence-electron chi connectivity index (χ2n) is 3.53. The van der Waals surface area contributed by atoms with Crippen molar-refractivity contribution < 1.29 is 4.74 Å². The molecule has 2 rings (SSSR count). The molecule has 1 unspecified atom stereocenters. The minimum atomic E-state index is 0.414. The summed E-state index contributed by atoms with van der Waals surface area (Å²) in [5, 5.41) is 9.09. The van der Waals surface area contributed by atoms with Crippen LogP contribution in [0, 0.1) is 6.92 Å². The van der Waals surface area contributed by atoms with Crippen LogP contribution in [0.1, 0.15) is 18.7 Å². The molecule has 5 heteroatoms. The highest BCUT2D eigenvalue weighted by Gasteiger charge is 2.17. The van der Waals surface area contributed by atoms with E-state index in [0.29, 0.717) is 6.10 Å². The van der Waals surface area contributed by atoms with Crippen molar-refractivity contribution in [2.75, 3.05) is 12.4 Å². The molecule has 1 aliphatic heterocycles. The van der Waals surface area contributed by atoms with Gasteiger partial charge in [-0.05, 0) is 19.8 Å². The normalized spacial score (nSPS) is 21.7. The highest BCUT2D eigenvalue weighted by atomic mass is 32.2. The predicted octanol–water partition coefficient (Wildman–Crippen LogP) is 1.39. The second kappa shape index (κ2) is 4.31. The smallest absolute Gasteiger partial charge is 0.191 e. The van der Waals surface area contributed by atoms with Gasteiger partial charge in [-0.2, -0.15) is 0 Å². The highest BCUT2D eigenvalue weighted by Crippen LogP contribution is 2.22. The van der Waals surface area contributed by atoms with Crippen LogP contribution in [0.15, 0.2) is 5.16 Å². The maximum Gasteiger partial charge on any atom is 0.191 e. The van der Waals surface area contributed by atoms with Crippen LogP contribution in [0.5, 0.6) is 0 Å². The minimum absolute atomic E-state index is 0.414. The average Bonchev–Trinajstić information content (AvgIpc) is 2.77. The fourth-order valence-electron chi connectivity index (χ4n) is 1.46. The minimum Gasteiger partial charge on any atom is -0.377 e. The fraction of sp³-hybridized carbons (Fsp3) is 0.778. The van der Waals surface area contributed by atoms with Crippen molar-refractivity contribution in [2.45, 2.75) is 31.0 Å². The summed E-state index contributed by atoms with van der Waals surface area (Å²) in [4.78, 5) is 0. The summed E-state index contributed by atoms with van der Waals surface area (Å²) in [5.74, 6) is 1.95. The summed E-state index contributed by atoms with van der Waals surface area (Å²) < 4.78 is 7.56. The summed E-state index contributed by atoms with van der Waals surface area (Å²) >= 11 is 1.73. The largest absolute Gasteiger partial charge is 0.377 e.